The number of benzene rings is 2. The van der Waals surface area contributed by atoms with Crippen LogP contribution in [0.1, 0.15) is 11.1 Å². The number of methoxy groups -OCH3 is 1. The Balaban J connectivity index is 1.73. The second kappa shape index (κ2) is 7.13. The lowest BCUT2D eigenvalue weighted by Gasteiger charge is -2.20. The van der Waals surface area contributed by atoms with E-state index < -0.39 is 10.0 Å². The minimum absolute atomic E-state index is 0.284. The van der Waals surface area contributed by atoms with Crippen molar-refractivity contribution in [3.8, 4) is 16.9 Å². The summed E-state index contributed by atoms with van der Waals surface area (Å²) in [7, 11) is -2.05. The maximum Gasteiger partial charge on any atom is 0.243 e. The van der Waals surface area contributed by atoms with Gasteiger partial charge in [0.05, 0.1) is 25.2 Å². The van der Waals surface area contributed by atoms with E-state index in [0.29, 0.717) is 48.1 Å². The molecule has 0 saturated carbocycles. The van der Waals surface area contributed by atoms with Gasteiger partial charge in [-0.25, -0.2) is 12.8 Å². The van der Waals surface area contributed by atoms with Gasteiger partial charge < -0.3 is 9.47 Å². The minimum atomic E-state index is -3.58. The number of hydrogen-bond donors (Lipinski definition) is 0. The molecule has 0 aliphatic carbocycles. The minimum Gasteiger partial charge on any atom is -0.496 e. The Bertz CT molecular complexity index is 1010. The Morgan fingerprint density at radius 1 is 1.04 bits per heavy atom. The second-order valence-corrected chi connectivity index (χ2v) is 9.56. The summed E-state index contributed by atoms with van der Waals surface area (Å²) in [6.45, 7) is 5.89. The van der Waals surface area contributed by atoms with Crippen LogP contribution in [0.2, 0.25) is 0 Å². The summed E-state index contributed by atoms with van der Waals surface area (Å²) in [6, 6.07) is 7.83. The van der Waals surface area contributed by atoms with Crippen LogP contribution < -0.4 is 4.74 Å². The molecule has 2 fully saturated rings. The standard InChI is InChI=1S/C21H24FNO4S/c1-13-7-21(28(24,25)23-9-15-11-27-12-16(15)10-23)14(2)6-18(13)19-8-17(22)4-5-20(19)26-3/h4-8,15-16H,9-12H2,1-3H3/t15-,16+. The fourth-order valence-corrected chi connectivity index (χ4v) is 6.07. The molecule has 0 bridgehead atoms. The first-order chi connectivity index (χ1) is 13.3. The molecule has 2 heterocycles. The van der Waals surface area contributed by atoms with E-state index in [9.17, 15) is 12.8 Å². The van der Waals surface area contributed by atoms with Crippen molar-refractivity contribution in [2.24, 2.45) is 11.8 Å². The molecule has 2 aromatic carbocycles. The summed E-state index contributed by atoms with van der Waals surface area (Å²) in [5, 5.41) is 0. The van der Waals surface area contributed by atoms with E-state index in [1.807, 2.05) is 6.92 Å². The van der Waals surface area contributed by atoms with E-state index in [-0.39, 0.29) is 17.7 Å². The molecule has 0 N–H and O–H groups in total. The van der Waals surface area contributed by atoms with Gasteiger partial charge >= 0.3 is 0 Å². The Hall–Kier alpha value is -1.96. The molecule has 0 unspecified atom stereocenters. The molecule has 5 nitrogen and oxygen atoms in total. The molecule has 0 radical (unpaired) electrons. The van der Waals surface area contributed by atoms with Gasteiger partial charge in [0.15, 0.2) is 0 Å². The van der Waals surface area contributed by atoms with E-state index in [0.717, 1.165) is 11.1 Å². The quantitative estimate of drug-likeness (QED) is 0.783. The fourth-order valence-electron chi connectivity index (χ4n) is 4.23. The van der Waals surface area contributed by atoms with Crippen molar-refractivity contribution in [1.29, 1.82) is 0 Å². The van der Waals surface area contributed by atoms with E-state index in [1.54, 1.807) is 29.4 Å². The number of rotatable bonds is 4. The summed E-state index contributed by atoms with van der Waals surface area (Å²) >= 11 is 0. The predicted octanol–water partition coefficient (Wildman–Crippen LogP) is 3.39. The van der Waals surface area contributed by atoms with Crippen LogP contribution in [-0.4, -0.2) is 46.1 Å². The first-order valence-corrected chi connectivity index (χ1v) is 10.8. The van der Waals surface area contributed by atoms with Gasteiger partial charge in [-0.05, 0) is 60.9 Å². The van der Waals surface area contributed by atoms with Gasteiger partial charge in [0.2, 0.25) is 10.0 Å². The molecule has 0 amide bonds. The highest BCUT2D eigenvalue weighted by atomic mass is 32.2. The number of sulfonamides is 1. The van der Waals surface area contributed by atoms with Crippen LogP contribution in [0.25, 0.3) is 11.1 Å². The molecular weight excluding hydrogens is 381 g/mol. The van der Waals surface area contributed by atoms with Crippen molar-refractivity contribution in [2.75, 3.05) is 33.4 Å². The zero-order valence-electron chi connectivity index (χ0n) is 16.2. The maximum atomic E-state index is 13.8. The molecular formula is C21H24FNO4S. The monoisotopic (exact) mass is 405 g/mol. The molecule has 2 aliphatic heterocycles. The zero-order valence-corrected chi connectivity index (χ0v) is 17.1. The number of aryl methyl sites for hydroxylation is 2. The van der Waals surface area contributed by atoms with Crippen molar-refractivity contribution < 1.29 is 22.3 Å². The summed E-state index contributed by atoms with van der Waals surface area (Å²) in [5.41, 5.74) is 2.77. The summed E-state index contributed by atoms with van der Waals surface area (Å²) in [4.78, 5) is 0.310. The first kappa shape index (κ1) is 19.4. The average molecular weight is 405 g/mol. The van der Waals surface area contributed by atoms with E-state index in [1.165, 1.54) is 19.2 Å². The SMILES string of the molecule is COc1ccc(F)cc1-c1cc(C)c(S(=O)(=O)N2C[C@H]3COC[C@H]3C2)cc1C. The highest BCUT2D eigenvalue weighted by Crippen LogP contribution is 2.38. The number of fused-ring (bicyclic) bond motifs is 1. The molecule has 150 valence electrons. The summed E-state index contributed by atoms with van der Waals surface area (Å²) < 4.78 is 52.7. The lowest BCUT2D eigenvalue weighted by atomic mass is 9.97. The lowest BCUT2D eigenvalue weighted by Crippen LogP contribution is -2.31. The lowest BCUT2D eigenvalue weighted by molar-refractivity contribution is 0.168. The molecule has 4 rings (SSSR count). The highest BCUT2D eigenvalue weighted by molar-refractivity contribution is 7.89. The third-order valence-corrected chi connectivity index (χ3v) is 7.77. The number of halogens is 1. The van der Waals surface area contributed by atoms with Gasteiger partial charge in [-0.1, -0.05) is 0 Å². The van der Waals surface area contributed by atoms with Crippen LogP contribution in [0.3, 0.4) is 0 Å². The van der Waals surface area contributed by atoms with Crippen LogP contribution in [0.15, 0.2) is 35.2 Å². The van der Waals surface area contributed by atoms with Crippen molar-refractivity contribution in [2.45, 2.75) is 18.7 Å². The molecule has 0 spiro atoms. The van der Waals surface area contributed by atoms with Gasteiger partial charge in [-0.3, -0.25) is 0 Å². The second-order valence-electron chi connectivity index (χ2n) is 7.66. The van der Waals surface area contributed by atoms with Crippen LogP contribution in [-0.2, 0) is 14.8 Å². The summed E-state index contributed by atoms with van der Waals surface area (Å²) in [6.07, 6.45) is 0. The highest BCUT2D eigenvalue weighted by Gasteiger charge is 2.42. The average Bonchev–Trinajstić information content (AvgIpc) is 3.25. The van der Waals surface area contributed by atoms with Crippen molar-refractivity contribution >= 4 is 10.0 Å². The third-order valence-electron chi connectivity index (χ3n) is 5.80. The fraction of sp³-hybridized carbons (Fsp3) is 0.429. The van der Waals surface area contributed by atoms with Crippen LogP contribution >= 0.6 is 0 Å². The van der Waals surface area contributed by atoms with E-state index >= 15 is 0 Å². The normalized spacial score (nSPS) is 22.4. The maximum absolute atomic E-state index is 13.8. The molecule has 2 aliphatic rings. The zero-order chi connectivity index (χ0) is 20.1. The molecule has 2 atom stereocenters. The Morgan fingerprint density at radius 3 is 2.36 bits per heavy atom. The Kier molecular flexibility index (Phi) is 4.93. The van der Waals surface area contributed by atoms with Gasteiger partial charge in [0.25, 0.3) is 0 Å². The third kappa shape index (κ3) is 3.21. The number of nitrogens with zero attached hydrogens (tertiary/aromatic N) is 1. The first-order valence-electron chi connectivity index (χ1n) is 9.34. The molecule has 28 heavy (non-hydrogen) atoms. The Labute approximate surface area is 165 Å². The molecule has 0 aromatic heterocycles. The van der Waals surface area contributed by atoms with Gasteiger partial charge in [-0.15, -0.1) is 0 Å². The molecule has 7 heteroatoms. The smallest absolute Gasteiger partial charge is 0.243 e. The van der Waals surface area contributed by atoms with Crippen LogP contribution in [0.5, 0.6) is 5.75 Å². The van der Waals surface area contributed by atoms with E-state index in [4.69, 9.17) is 9.47 Å². The van der Waals surface area contributed by atoms with Crippen molar-refractivity contribution in [3.63, 3.8) is 0 Å². The number of ether oxygens (including phenoxy) is 2. The van der Waals surface area contributed by atoms with Crippen LogP contribution in [0, 0.1) is 31.5 Å². The number of hydrogen-bond acceptors (Lipinski definition) is 4. The van der Waals surface area contributed by atoms with Gasteiger partial charge in [0, 0.05) is 30.5 Å². The summed E-state index contributed by atoms with van der Waals surface area (Å²) in [5.74, 6) is 0.751. The largest absolute Gasteiger partial charge is 0.496 e. The topological polar surface area (TPSA) is 55.8 Å². The van der Waals surface area contributed by atoms with Gasteiger partial charge in [-0.2, -0.15) is 4.31 Å². The van der Waals surface area contributed by atoms with Crippen molar-refractivity contribution in [1.82, 2.24) is 4.31 Å². The molecule has 2 aromatic rings. The Morgan fingerprint density at radius 2 is 1.71 bits per heavy atom. The van der Waals surface area contributed by atoms with Crippen molar-refractivity contribution in [3.05, 3.63) is 47.3 Å². The van der Waals surface area contributed by atoms with E-state index in [2.05, 4.69) is 0 Å². The van der Waals surface area contributed by atoms with Gasteiger partial charge in [0.1, 0.15) is 11.6 Å². The predicted molar refractivity (Wildman–Crippen MR) is 104 cm³/mol. The van der Waals surface area contributed by atoms with Crippen LogP contribution in [0.4, 0.5) is 4.39 Å². The molecule has 2 saturated heterocycles.